The average molecular weight is 387 g/mol. The SMILES string of the molecule is CCN(Cc1ccccc1)C(=O)c1cc(C(=O)Nc2cc(C)ccc2C)ccn1. The number of amides is 2. The molecule has 0 unspecified atom stereocenters. The summed E-state index contributed by atoms with van der Waals surface area (Å²) in [4.78, 5) is 31.6. The van der Waals surface area contributed by atoms with Crippen LogP contribution in [0.3, 0.4) is 0 Å². The highest BCUT2D eigenvalue weighted by molar-refractivity contribution is 6.06. The summed E-state index contributed by atoms with van der Waals surface area (Å²) in [5, 5.41) is 2.92. The summed E-state index contributed by atoms with van der Waals surface area (Å²) in [6.45, 7) is 6.90. The molecular formula is C24H25N3O2. The van der Waals surface area contributed by atoms with Crippen LogP contribution in [0.2, 0.25) is 0 Å². The maximum Gasteiger partial charge on any atom is 0.272 e. The smallest absolute Gasteiger partial charge is 0.272 e. The van der Waals surface area contributed by atoms with Gasteiger partial charge in [-0.3, -0.25) is 14.6 Å². The Bertz CT molecular complexity index is 1020. The average Bonchev–Trinajstić information content (AvgIpc) is 2.75. The first-order chi connectivity index (χ1) is 14.0. The van der Waals surface area contributed by atoms with Crippen LogP contribution >= 0.6 is 0 Å². The van der Waals surface area contributed by atoms with Gasteiger partial charge in [0.15, 0.2) is 0 Å². The number of nitrogens with one attached hydrogen (secondary N) is 1. The van der Waals surface area contributed by atoms with Crippen LogP contribution in [-0.2, 0) is 6.54 Å². The molecule has 0 aliphatic heterocycles. The maximum atomic E-state index is 12.9. The van der Waals surface area contributed by atoms with E-state index in [1.165, 1.54) is 6.20 Å². The number of benzene rings is 2. The Morgan fingerprint density at radius 1 is 1.00 bits per heavy atom. The number of carbonyl (C=O) groups is 2. The normalized spacial score (nSPS) is 10.4. The minimum absolute atomic E-state index is 0.197. The van der Waals surface area contributed by atoms with E-state index < -0.39 is 0 Å². The number of carbonyl (C=O) groups excluding carboxylic acids is 2. The lowest BCUT2D eigenvalue weighted by molar-refractivity contribution is 0.0746. The number of aromatic nitrogens is 1. The summed E-state index contributed by atoms with van der Waals surface area (Å²) in [5.41, 5.74) is 4.52. The molecule has 1 heterocycles. The van der Waals surface area contributed by atoms with E-state index in [2.05, 4.69) is 10.3 Å². The van der Waals surface area contributed by atoms with Gasteiger partial charge in [0.1, 0.15) is 5.69 Å². The zero-order valence-corrected chi connectivity index (χ0v) is 17.0. The van der Waals surface area contributed by atoms with Gasteiger partial charge < -0.3 is 10.2 Å². The number of anilines is 1. The van der Waals surface area contributed by atoms with E-state index in [1.54, 1.807) is 17.0 Å². The molecule has 3 rings (SSSR count). The summed E-state index contributed by atoms with van der Waals surface area (Å²) in [6, 6.07) is 18.9. The molecule has 5 heteroatoms. The van der Waals surface area contributed by atoms with Crippen molar-refractivity contribution in [1.29, 1.82) is 0 Å². The van der Waals surface area contributed by atoms with Crippen molar-refractivity contribution in [3.05, 3.63) is 94.8 Å². The molecule has 0 saturated heterocycles. The van der Waals surface area contributed by atoms with Gasteiger partial charge in [0.25, 0.3) is 11.8 Å². The topological polar surface area (TPSA) is 62.3 Å². The molecule has 0 saturated carbocycles. The number of nitrogens with zero attached hydrogens (tertiary/aromatic N) is 2. The molecule has 5 nitrogen and oxygen atoms in total. The van der Waals surface area contributed by atoms with Crippen LogP contribution in [0.15, 0.2) is 66.9 Å². The van der Waals surface area contributed by atoms with Crippen molar-refractivity contribution in [2.24, 2.45) is 0 Å². The second-order valence-electron chi connectivity index (χ2n) is 7.01. The highest BCUT2D eigenvalue weighted by Crippen LogP contribution is 2.18. The highest BCUT2D eigenvalue weighted by atomic mass is 16.2. The quantitative estimate of drug-likeness (QED) is 0.672. The number of aryl methyl sites for hydroxylation is 2. The second kappa shape index (κ2) is 9.15. The van der Waals surface area contributed by atoms with Crippen molar-refractivity contribution in [1.82, 2.24) is 9.88 Å². The Morgan fingerprint density at radius 3 is 2.48 bits per heavy atom. The van der Waals surface area contributed by atoms with Gasteiger partial charge in [-0.25, -0.2) is 0 Å². The third-order valence-electron chi connectivity index (χ3n) is 4.77. The molecule has 0 atom stereocenters. The van der Waals surface area contributed by atoms with Gasteiger partial charge in [-0.05, 0) is 55.7 Å². The molecule has 1 N–H and O–H groups in total. The van der Waals surface area contributed by atoms with Gasteiger partial charge in [-0.15, -0.1) is 0 Å². The van der Waals surface area contributed by atoms with Crippen LogP contribution < -0.4 is 5.32 Å². The molecule has 148 valence electrons. The molecule has 1 aromatic heterocycles. The van der Waals surface area contributed by atoms with E-state index in [9.17, 15) is 9.59 Å². The number of hydrogen-bond acceptors (Lipinski definition) is 3. The predicted octanol–water partition coefficient (Wildman–Crippen LogP) is 4.61. The van der Waals surface area contributed by atoms with E-state index in [0.717, 1.165) is 22.4 Å². The Kier molecular flexibility index (Phi) is 6.39. The van der Waals surface area contributed by atoms with E-state index in [1.807, 2.05) is 69.3 Å². The number of pyridine rings is 1. The Hall–Kier alpha value is -3.47. The largest absolute Gasteiger partial charge is 0.333 e. The van der Waals surface area contributed by atoms with Crippen LogP contribution in [0.4, 0.5) is 5.69 Å². The first-order valence-corrected chi connectivity index (χ1v) is 9.65. The first-order valence-electron chi connectivity index (χ1n) is 9.65. The molecular weight excluding hydrogens is 362 g/mol. The van der Waals surface area contributed by atoms with Crippen LogP contribution in [0.5, 0.6) is 0 Å². The Balaban J connectivity index is 1.78. The van der Waals surface area contributed by atoms with E-state index in [4.69, 9.17) is 0 Å². The lowest BCUT2D eigenvalue weighted by atomic mass is 10.1. The Labute approximate surface area is 171 Å². The molecule has 0 aliphatic carbocycles. The lowest BCUT2D eigenvalue weighted by Gasteiger charge is -2.20. The molecule has 2 aromatic carbocycles. The lowest BCUT2D eigenvalue weighted by Crippen LogP contribution is -2.31. The standard InChI is InChI=1S/C24H25N3O2/c1-4-27(16-19-8-6-5-7-9-19)24(29)22-15-20(12-13-25-22)23(28)26-21-14-17(2)10-11-18(21)3/h5-15H,4,16H2,1-3H3,(H,26,28). The number of rotatable bonds is 6. The van der Waals surface area contributed by atoms with Gasteiger partial charge in [0.2, 0.25) is 0 Å². The van der Waals surface area contributed by atoms with Crippen LogP contribution in [0.1, 0.15) is 44.5 Å². The second-order valence-corrected chi connectivity index (χ2v) is 7.01. The van der Waals surface area contributed by atoms with Crippen molar-refractivity contribution < 1.29 is 9.59 Å². The first kappa shape index (κ1) is 20.3. The van der Waals surface area contributed by atoms with Crippen LogP contribution in [0.25, 0.3) is 0 Å². The molecule has 29 heavy (non-hydrogen) atoms. The van der Waals surface area contributed by atoms with Gasteiger partial charge >= 0.3 is 0 Å². The molecule has 2 amide bonds. The maximum absolute atomic E-state index is 12.9. The van der Waals surface area contributed by atoms with Gasteiger partial charge in [-0.2, -0.15) is 0 Å². The van der Waals surface area contributed by atoms with Crippen molar-refractivity contribution in [3.8, 4) is 0 Å². The summed E-state index contributed by atoms with van der Waals surface area (Å²) >= 11 is 0. The predicted molar refractivity (Wildman–Crippen MR) is 115 cm³/mol. The third-order valence-corrected chi connectivity index (χ3v) is 4.77. The fourth-order valence-electron chi connectivity index (χ4n) is 3.05. The van der Waals surface area contributed by atoms with Gasteiger partial charge in [-0.1, -0.05) is 42.5 Å². The summed E-state index contributed by atoms with van der Waals surface area (Å²) in [6.07, 6.45) is 1.50. The van der Waals surface area contributed by atoms with Crippen molar-refractivity contribution in [2.45, 2.75) is 27.3 Å². The van der Waals surface area contributed by atoms with E-state index >= 15 is 0 Å². The molecule has 0 bridgehead atoms. The minimum Gasteiger partial charge on any atom is -0.333 e. The zero-order chi connectivity index (χ0) is 20.8. The number of hydrogen-bond donors (Lipinski definition) is 1. The fraction of sp³-hybridized carbons (Fsp3) is 0.208. The highest BCUT2D eigenvalue weighted by Gasteiger charge is 2.18. The molecule has 3 aromatic rings. The molecule has 0 fully saturated rings. The van der Waals surface area contributed by atoms with Crippen molar-refractivity contribution in [2.75, 3.05) is 11.9 Å². The monoisotopic (exact) mass is 387 g/mol. The fourth-order valence-corrected chi connectivity index (χ4v) is 3.05. The summed E-state index contributed by atoms with van der Waals surface area (Å²) in [7, 11) is 0. The summed E-state index contributed by atoms with van der Waals surface area (Å²) < 4.78 is 0. The minimum atomic E-state index is -0.263. The van der Waals surface area contributed by atoms with Gasteiger partial charge in [0, 0.05) is 30.5 Å². The Morgan fingerprint density at radius 2 is 1.76 bits per heavy atom. The molecule has 0 spiro atoms. The van der Waals surface area contributed by atoms with Crippen molar-refractivity contribution >= 4 is 17.5 Å². The zero-order valence-electron chi connectivity index (χ0n) is 17.0. The van der Waals surface area contributed by atoms with Gasteiger partial charge in [0.05, 0.1) is 0 Å². The summed E-state index contributed by atoms with van der Waals surface area (Å²) in [5.74, 6) is -0.459. The molecule has 0 aliphatic rings. The van der Waals surface area contributed by atoms with Crippen molar-refractivity contribution in [3.63, 3.8) is 0 Å². The van der Waals surface area contributed by atoms with E-state index in [-0.39, 0.29) is 17.5 Å². The molecule has 0 radical (unpaired) electrons. The third kappa shape index (κ3) is 5.08. The van der Waals surface area contributed by atoms with Crippen LogP contribution in [0, 0.1) is 13.8 Å². The van der Waals surface area contributed by atoms with E-state index in [0.29, 0.717) is 18.7 Å². The van der Waals surface area contributed by atoms with Crippen LogP contribution in [-0.4, -0.2) is 28.2 Å².